The molecular weight excluding hydrogens is 186 g/mol. The Bertz CT molecular complexity index is 157. The first-order valence-electron chi connectivity index (χ1n) is 6.44. The van der Waals surface area contributed by atoms with Gasteiger partial charge in [0.2, 0.25) is 5.91 Å². The Hall–Kier alpha value is -0.530. The van der Waals surface area contributed by atoms with E-state index in [2.05, 4.69) is 19.2 Å². The third-order valence-electron chi connectivity index (χ3n) is 2.69. The van der Waals surface area contributed by atoms with E-state index in [9.17, 15) is 4.79 Å². The minimum atomic E-state index is 0.0884. The van der Waals surface area contributed by atoms with Gasteiger partial charge in [0.15, 0.2) is 0 Å². The predicted molar refractivity (Wildman–Crippen MR) is 65.9 cm³/mol. The average Bonchev–Trinajstić information content (AvgIpc) is 2.15. The van der Waals surface area contributed by atoms with Gasteiger partial charge in [0, 0.05) is 13.0 Å². The van der Waals surface area contributed by atoms with Crippen LogP contribution in [0.25, 0.3) is 0 Å². The quantitative estimate of drug-likeness (QED) is 0.582. The second-order valence-corrected chi connectivity index (χ2v) is 4.51. The van der Waals surface area contributed by atoms with E-state index in [4.69, 9.17) is 0 Å². The van der Waals surface area contributed by atoms with Crippen molar-refractivity contribution in [2.24, 2.45) is 0 Å². The molecule has 1 atom stereocenters. The summed E-state index contributed by atoms with van der Waals surface area (Å²) in [5.74, 6) is 0.0884. The summed E-state index contributed by atoms with van der Waals surface area (Å²) < 4.78 is 0. The molecule has 1 unspecified atom stereocenters. The van der Waals surface area contributed by atoms with Gasteiger partial charge in [0.05, 0.1) is 0 Å². The Balaban J connectivity index is 3.13. The lowest BCUT2D eigenvalue weighted by molar-refractivity contribution is -0.119. The lowest BCUT2D eigenvalue weighted by Gasteiger charge is -2.11. The number of rotatable bonds is 9. The first-order valence-corrected chi connectivity index (χ1v) is 6.44. The van der Waals surface area contributed by atoms with E-state index in [-0.39, 0.29) is 5.91 Å². The number of hydrogen-bond acceptors (Lipinski definition) is 1. The van der Waals surface area contributed by atoms with Crippen LogP contribution in [0.3, 0.4) is 0 Å². The van der Waals surface area contributed by atoms with Crippen LogP contribution in [0.15, 0.2) is 0 Å². The minimum absolute atomic E-state index is 0.0884. The van der Waals surface area contributed by atoms with Gasteiger partial charge in [-0.05, 0) is 13.3 Å². The molecule has 0 aromatic heterocycles. The summed E-state index contributed by atoms with van der Waals surface area (Å²) >= 11 is 0. The molecule has 0 fully saturated rings. The maximum absolute atomic E-state index is 10.8. The largest absolute Gasteiger partial charge is 0.354 e. The Morgan fingerprint density at radius 1 is 1.07 bits per heavy atom. The molecule has 0 spiro atoms. The summed E-state index contributed by atoms with van der Waals surface area (Å²) in [4.78, 5) is 10.8. The summed E-state index contributed by atoms with van der Waals surface area (Å²) in [7, 11) is 0. The van der Waals surface area contributed by atoms with Crippen LogP contribution in [-0.4, -0.2) is 11.9 Å². The summed E-state index contributed by atoms with van der Waals surface area (Å²) in [6.45, 7) is 5.91. The van der Waals surface area contributed by atoms with Gasteiger partial charge in [-0.2, -0.15) is 0 Å². The molecule has 0 aliphatic rings. The molecule has 0 heterocycles. The molecule has 2 heteroatoms. The maximum Gasteiger partial charge on any atom is 0.217 e. The minimum Gasteiger partial charge on any atom is -0.354 e. The normalized spacial score (nSPS) is 12.5. The van der Waals surface area contributed by atoms with Crippen LogP contribution < -0.4 is 5.32 Å². The molecule has 15 heavy (non-hydrogen) atoms. The highest BCUT2D eigenvalue weighted by Crippen LogP contribution is 2.09. The molecule has 0 aliphatic carbocycles. The molecule has 0 aromatic rings. The highest BCUT2D eigenvalue weighted by Gasteiger charge is 2.01. The predicted octanol–water partition coefficient (Wildman–Crippen LogP) is 3.65. The first kappa shape index (κ1) is 14.5. The zero-order valence-corrected chi connectivity index (χ0v) is 10.6. The fraction of sp³-hybridized carbons (Fsp3) is 0.923. The summed E-state index contributed by atoms with van der Waals surface area (Å²) in [6.07, 6.45) is 10.5. The SMILES string of the molecule is CCCCCCCCCC(C)NC(C)=O. The Morgan fingerprint density at radius 2 is 1.60 bits per heavy atom. The molecule has 0 saturated carbocycles. The molecule has 90 valence electrons. The van der Waals surface area contributed by atoms with Gasteiger partial charge in [-0.1, -0.05) is 51.9 Å². The standard InChI is InChI=1S/C13H27NO/c1-4-5-6-7-8-9-10-11-12(2)14-13(3)15/h12H,4-11H2,1-3H3,(H,14,15). The van der Waals surface area contributed by atoms with E-state index < -0.39 is 0 Å². The Labute approximate surface area is 94.8 Å². The Morgan fingerprint density at radius 3 is 2.13 bits per heavy atom. The van der Waals surface area contributed by atoms with Gasteiger partial charge < -0.3 is 5.32 Å². The molecule has 0 aliphatic heterocycles. The van der Waals surface area contributed by atoms with E-state index in [1.54, 1.807) is 6.92 Å². The number of amides is 1. The second kappa shape index (κ2) is 10.0. The van der Waals surface area contributed by atoms with Crippen LogP contribution in [0.4, 0.5) is 0 Å². The van der Waals surface area contributed by atoms with Crippen molar-refractivity contribution in [3.05, 3.63) is 0 Å². The van der Waals surface area contributed by atoms with Crippen molar-refractivity contribution in [2.75, 3.05) is 0 Å². The summed E-state index contributed by atoms with van der Waals surface area (Å²) in [5.41, 5.74) is 0. The fourth-order valence-electron chi connectivity index (χ4n) is 1.83. The van der Waals surface area contributed by atoms with Crippen LogP contribution in [0.2, 0.25) is 0 Å². The van der Waals surface area contributed by atoms with Gasteiger partial charge in [0.25, 0.3) is 0 Å². The number of carbonyl (C=O) groups excluding carboxylic acids is 1. The van der Waals surface area contributed by atoms with Crippen molar-refractivity contribution in [3.63, 3.8) is 0 Å². The topological polar surface area (TPSA) is 29.1 Å². The van der Waals surface area contributed by atoms with Crippen LogP contribution in [-0.2, 0) is 4.79 Å². The number of hydrogen-bond donors (Lipinski definition) is 1. The average molecular weight is 213 g/mol. The molecule has 0 rings (SSSR count). The maximum atomic E-state index is 10.8. The van der Waals surface area contributed by atoms with Crippen molar-refractivity contribution in [1.29, 1.82) is 0 Å². The van der Waals surface area contributed by atoms with Crippen LogP contribution in [0.1, 0.15) is 72.1 Å². The number of carbonyl (C=O) groups is 1. The van der Waals surface area contributed by atoms with Crippen molar-refractivity contribution in [3.8, 4) is 0 Å². The van der Waals surface area contributed by atoms with Gasteiger partial charge in [-0.25, -0.2) is 0 Å². The van der Waals surface area contributed by atoms with Crippen molar-refractivity contribution >= 4 is 5.91 Å². The Kier molecular flexibility index (Phi) is 9.65. The second-order valence-electron chi connectivity index (χ2n) is 4.51. The lowest BCUT2D eigenvalue weighted by Crippen LogP contribution is -2.30. The smallest absolute Gasteiger partial charge is 0.217 e. The van der Waals surface area contributed by atoms with E-state index in [0.717, 1.165) is 6.42 Å². The molecule has 1 amide bonds. The van der Waals surface area contributed by atoms with E-state index in [0.29, 0.717) is 6.04 Å². The van der Waals surface area contributed by atoms with Crippen molar-refractivity contribution in [2.45, 2.75) is 78.2 Å². The molecule has 1 N–H and O–H groups in total. The zero-order chi connectivity index (χ0) is 11.5. The summed E-state index contributed by atoms with van der Waals surface area (Å²) in [5, 5.41) is 2.92. The van der Waals surface area contributed by atoms with Crippen LogP contribution in [0.5, 0.6) is 0 Å². The monoisotopic (exact) mass is 213 g/mol. The van der Waals surface area contributed by atoms with Gasteiger partial charge in [-0.3, -0.25) is 4.79 Å². The van der Waals surface area contributed by atoms with Gasteiger partial charge in [0.1, 0.15) is 0 Å². The molecule has 2 nitrogen and oxygen atoms in total. The lowest BCUT2D eigenvalue weighted by atomic mass is 10.1. The van der Waals surface area contributed by atoms with E-state index in [1.807, 2.05) is 0 Å². The van der Waals surface area contributed by atoms with Gasteiger partial charge in [-0.15, -0.1) is 0 Å². The molecular formula is C13H27NO. The highest BCUT2D eigenvalue weighted by atomic mass is 16.1. The van der Waals surface area contributed by atoms with Crippen LogP contribution in [0, 0.1) is 0 Å². The zero-order valence-electron chi connectivity index (χ0n) is 10.6. The fourth-order valence-corrected chi connectivity index (χ4v) is 1.83. The molecule has 0 bridgehead atoms. The van der Waals surface area contributed by atoms with Crippen molar-refractivity contribution < 1.29 is 4.79 Å². The highest BCUT2D eigenvalue weighted by molar-refractivity contribution is 5.73. The van der Waals surface area contributed by atoms with E-state index in [1.165, 1.54) is 44.9 Å². The molecule has 0 saturated heterocycles. The third-order valence-corrected chi connectivity index (χ3v) is 2.69. The summed E-state index contributed by atoms with van der Waals surface area (Å²) in [6, 6.07) is 0.346. The van der Waals surface area contributed by atoms with E-state index >= 15 is 0 Å². The molecule has 0 radical (unpaired) electrons. The number of unbranched alkanes of at least 4 members (excludes halogenated alkanes) is 6. The van der Waals surface area contributed by atoms with Gasteiger partial charge >= 0.3 is 0 Å². The third kappa shape index (κ3) is 11.4. The first-order chi connectivity index (χ1) is 7.16. The molecule has 0 aromatic carbocycles. The van der Waals surface area contributed by atoms with Crippen LogP contribution >= 0.6 is 0 Å². The van der Waals surface area contributed by atoms with Crippen molar-refractivity contribution in [1.82, 2.24) is 5.32 Å². The number of nitrogens with one attached hydrogen (secondary N) is 1.